The van der Waals surface area contributed by atoms with E-state index in [9.17, 15) is 4.79 Å². The van der Waals surface area contributed by atoms with Crippen molar-refractivity contribution in [3.8, 4) is 5.75 Å². The summed E-state index contributed by atoms with van der Waals surface area (Å²) >= 11 is 0. The standard InChI is InChI=1S/C16H24N2O2/c1-3-8-20-14-6-4-13(5-7-14)15(17)11-18-10-12(2)9-16(18)19/h4-7,12,15H,3,8-11,17H2,1-2H3. The normalized spacial score (nSPS) is 20.2. The fourth-order valence-electron chi connectivity index (χ4n) is 2.52. The maximum atomic E-state index is 11.8. The van der Waals surface area contributed by atoms with Gasteiger partial charge >= 0.3 is 0 Å². The van der Waals surface area contributed by atoms with Crippen LogP contribution in [0.4, 0.5) is 0 Å². The van der Waals surface area contributed by atoms with Crippen molar-refractivity contribution in [2.24, 2.45) is 11.7 Å². The maximum absolute atomic E-state index is 11.8. The predicted octanol–water partition coefficient (Wildman–Crippen LogP) is 2.34. The third kappa shape index (κ3) is 3.73. The molecule has 20 heavy (non-hydrogen) atoms. The average molecular weight is 276 g/mol. The first kappa shape index (κ1) is 14.9. The van der Waals surface area contributed by atoms with Crippen molar-refractivity contribution in [2.75, 3.05) is 19.7 Å². The second kappa shape index (κ2) is 6.75. The van der Waals surface area contributed by atoms with Crippen LogP contribution in [0.3, 0.4) is 0 Å². The Labute approximate surface area is 120 Å². The lowest BCUT2D eigenvalue weighted by atomic mass is 10.1. The van der Waals surface area contributed by atoms with Gasteiger partial charge in [0.25, 0.3) is 0 Å². The lowest BCUT2D eigenvalue weighted by Gasteiger charge is -2.21. The lowest BCUT2D eigenvalue weighted by Crippen LogP contribution is -2.33. The van der Waals surface area contributed by atoms with Crippen LogP contribution in [0.15, 0.2) is 24.3 Å². The summed E-state index contributed by atoms with van der Waals surface area (Å²) in [4.78, 5) is 13.6. The molecule has 0 radical (unpaired) electrons. The first-order valence-corrected chi connectivity index (χ1v) is 7.36. The van der Waals surface area contributed by atoms with Gasteiger partial charge < -0.3 is 15.4 Å². The van der Waals surface area contributed by atoms with Crippen LogP contribution in [-0.2, 0) is 4.79 Å². The number of likely N-dealkylation sites (tertiary alicyclic amines) is 1. The number of nitrogens with two attached hydrogens (primary N) is 1. The van der Waals surface area contributed by atoms with Crippen LogP contribution >= 0.6 is 0 Å². The van der Waals surface area contributed by atoms with E-state index in [1.165, 1.54) is 0 Å². The van der Waals surface area contributed by atoms with Crippen molar-refractivity contribution >= 4 is 5.91 Å². The van der Waals surface area contributed by atoms with E-state index < -0.39 is 0 Å². The molecule has 1 aromatic rings. The summed E-state index contributed by atoms with van der Waals surface area (Å²) in [5.74, 6) is 1.53. The molecule has 1 amide bonds. The molecule has 1 aliphatic rings. The molecule has 1 fully saturated rings. The third-order valence-corrected chi connectivity index (χ3v) is 3.61. The zero-order chi connectivity index (χ0) is 14.5. The zero-order valence-electron chi connectivity index (χ0n) is 12.3. The Morgan fingerprint density at radius 3 is 2.65 bits per heavy atom. The molecule has 4 heteroatoms. The SMILES string of the molecule is CCCOc1ccc(C(N)CN2CC(C)CC2=O)cc1. The highest BCUT2D eigenvalue weighted by molar-refractivity contribution is 5.78. The van der Waals surface area contributed by atoms with Gasteiger partial charge in [-0.1, -0.05) is 26.0 Å². The fraction of sp³-hybridized carbons (Fsp3) is 0.562. The molecule has 0 saturated carbocycles. The van der Waals surface area contributed by atoms with Crippen LogP contribution in [0.25, 0.3) is 0 Å². The molecule has 0 bridgehead atoms. The number of amides is 1. The molecular weight excluding hydrogens is 252 g/mol. The van der Waals surface area contributed by atoms with Gasteiger partial charge in [0.2, 0.25) is 5.91 Å². The molecule has 2 N–H and O–H groups in total. The monoisotopic (exact) mass is 276 g/mol. The van der Waals surface area contributed by atoms with E-state index in [0.29, 0.717) is 18.9 Å². The molecular formula is C16H24N2O2. The minimum absolute atomic E-state index is 0.135. The largest absolute Gasteiger partial charge is 0.494 e. The van der Waals surface area contributed by atoms with E-state index in [-0.39, 0.29) is 11.9 Å². The van der Waals surface area contributed by atoms with E-state index in [2.05, 4.69) is 13.8 Å². The predicted molar refractivity (Wildman–Crippen MR) is 79.5 cm³/mol. The van der Waals surface area contributed by atoms with Crippen LogP contribution in [0.5, 0.6) is 5.75 Å². The molecule has 1 heterocycles. The number of carbonyl (C=O) groups is 1. The van der Waals surface area contributed by atoms with Crippen molar-refractivity contribution in [2.45, 2.75) is 32.7 Å². The summed E-state index contributed by atoms with van der Waals surface area (Å²) in [6.07, 6.45) is 1.65. The Morgan fingerprint density at radius 1 is 1.40 bits per heavy atom. The van der Waals surface area contributed by atoms with Gasteiger partial charge in [0.1, 0.15) is 5.75 Å². The molecule has 110 valence electrons. The molecule has 2 unspecified atom stereocenters. The van der Waals surface area contributed by atoms with Crippen molar-refractivity contribution < 1.29 is 9.53 Å². The van der Waals surface area contributed by atoms with Crippen LogP contribution in [-0.4, -0.2) is 30.5 Å². The van der Waals surface area contributed by atoms with Gasteiger partial charge in [0, 0.05) is 25.6 Å². The summed E-state index contributed by atoms with van der Waals surface area (Å²) in [7, 11) is 0. The van der Waals surface area contributed by atoms with E-state index in [1.54, 1.807) is 0 Å². The summed E-state index contributed by atoms with van der Waals surface area (Å²) in [6, 6.07) is 7.72. The van der Waals surface area contributed by atoms with Crippen molar-refractivity contribution in [3.63, 3.8) is 0 Å². The molecule has 0 aliphatic carbocycles. The second-order valence-corrected chi connectivity index (χ2v) is 5.63. The Bertz CT molecular complexity index is 444. The molecule has 2 rings (SSSR count). The number of nitrogens with zero attached hydrogens (tertiary/aromatic N) is 1. The van der Waals surface area contributed by atoms with Crippen LogP contribution in [0.2, 0.25) is 0 Å². The molecule has 1 saturated heterocycles. The Balaban J connectivity index is 1.92. The minimum Gasteiger partial charge on any atom is -0.494 e. The molecule has 0 spiro atoms. The zero-order valence-corrected chi connectivity index (χ0v) is 12.3. The number of carbonyl (C=O) groups excluding carboxylic acids is 1. The number of ether oxygens (including phenoxy) is 1. The molecule has 0 aromatic heterocycles. The smallest absolute Gasteiger partial charge is 0.222 e. The Hall–Kier alpha value is -1.55. The van der Waals surface area contributed by atoms with E-state index in [0.717, 1.165) is 30.9 Å². The molecule has 2 atom stereocenters. The highest BCUT2D eigenvalue weighted by Crippen LogP contribution is 2.21. The minimum atomic E-state index is -0.135. The van der Waals surface area contributed by atoms with E-state index in [4.69, 9.17) is 10.5 Å². The van der Waals surface area contributed by atoms with Crippen LogP contribution in [0, 0.1) is 5.92 Å². The first-order chi connectivity index (χ1) is 9.60. The quantitative estimate of drug-likeness (QED) is 0.867. The molecule has 4 nitrogen and oxygen atoms in total. The maximum Gasteiger partial charge on any atom is 0.222 e. The summed E-state index contributed by atoms with van der Waals surface area (Å²) in [6.45, 7) is 6.33. The van der Waals surface area contributed by atoms with E-state index in [1.807, 2.05) is 29.2 Å². The second-order valence-electron chi connectivity index (χ2n) is 5.63. The van der Waals surface area contributed by atoms with Gasteiger partial charge in [0.05, 0.1) is 6.61 Å². The Kier molecular flexibility index (Phi) is 5.01. The summed E-state index contributed by atoms with van der Waals surface area (Å²) in [5.41, 5.74) is 7.24. The first-order valence-electron chi connectivity index (χ1n) is 7.36. The van der Waals surface area contributed by atoms with Gasteiger partial charge in [0.15, 0.2) is 0 Å². The lowest BCUT2D eigenvalue weighted by molar-refractivity contribution is -0.127. The van der Waals surface area contributed by atoms with Gasteiger partial charge in [-0.05, 0) is 30.0 Å². The van der Waals surface area contributed by atoms with Gasteiger partial charge in [-0.2, -0.15) is 0 Å². The van der Waals surface area contributed by atoms with Crippen molar-refractivity contribution in [3.05, 3.63) is 29.8 Å². The van der Waals surface area contributed by atoms with E-state index >= 15 is 0 Å². The average Bonchev–Trinajstić information content (AvgIpc) is 2.75. The highest BCUT2D eigenvalue weighted by Gasteiger charge is 2.27. The van der Waals surface area contributed by atoms with Crippen LogP contribution in [0.1, 0.15) is 38.3 Å². The highest BCUT2D eigenvalue weighted by atomic mass is 16.5. The molecule has 1 aromatic carbocycles. The van der Waals surface area contributed by atoms with Gasteiger partial charge in [-0.3, -0.25) is 4.79 Å². The number of hydrogen-bond donors (Lipinski definition) is 1. The summed E-state index contributed by atoms with van der Waals surface area (Å²) in [5, 5.41) is 0. The summed E-state index contributed by atoms with van der Waals surface area (Å²) < 4.78 is 5.55. The third-order valence-electron chi connectivity index (χ3n) is 3.61. The van der Waals surface area contributed by atoms with Gasteiger partial charge in [-0.15, -0.1) is 0 Å². The van der Waals surface area contributed by atoms with Crippen molar-refractivity contribution in [1.82, 2.24) is 4.90 Å². The number of rotatable bonds is 6. The number of benzene rings is 1. The fourth-order valence-corrected chi connectivity index (χ4v) is 2.52. The number of hydrogen-bond acceptors (Lipinski definition) is 3. The van der Waals surface area contributed by atoms with Gasteiger partial charge in [-0.25, -0.2) is 0 Å². The molecule has 1 aliphatic heterocycles. The van der Waals surface area contributed by atoms with Crippen LogP contribution < -0.4 is 10.5 Å². The van der Waals surface area contributed by atoms with Crippen molar-refractivity contribution in [1.29, 1.82) is 0 Å². The Morgan fingerprint density at radius 2 is 2.10 bits per heavy atom. The topological polar surface area (TPSA) is 55.6 Å².